The van der Waals surface area contributed by atoms with Gasteiger partial charge in [-0.15, -0.1) is 13.2 Å². The number of likely N-dealkylation sites (N-methyl/N-ethyl adjacent to an activating group) is 2. The van der Waals surface area contributed by atoms with Crippen LogP contribution >= 0.6 is 0 Å². The number of rotatable bonds is 9. The lowest BCUT2D eigenvalue weighted by molar-refractivity contribution is 0.332. The van der Waals surface area contributed by atoms with E-state index in [1.807, 2.05) is 23.9 Å². The zero-order chi connectivity index (χ0) is 15.0. The minimum Gasteiger partial charge on any atom is -0.459 e. The van der Waals surface area contributed by atoms with E-state index in [9.17, 15) is 0 Å². The molecule has 0 saturated carbocycles. The molecule has 6 nitrogen and oxygen atoms in total. The average molecular weight is 275 g/mol. The van der Waals surface area contributed by atoms with E-state index >= 15 is 0 Å². The Morgan fingerprint density at radius 1 is 0.900 bits per heavy atom. The molecule has 0 radical (unpaired) electrons. The van der Waals surface area contributed by atoms with Gasteiger partial charge in [-0.3, -0.25) is 0 Å². The average Bonchev–Trinajstić information content (AvgIpc) is 2.45. The standard InChI is InChI=1S/C14H21N5O/c1-6-9-18(4)12-15-13(19(5)10-7-2)17-14(16-12)20-11-8-3/h6-8H,1-3,9-11H2,4-5H3. The van der Waals surface area contributed by atoms with E-state index in [1.165, 1.54) is 0 Å². The van der Waals surface area contributed by atoms with Crippen molar-refractivity contribution in [2.45, 2.75) is 0 Å². The Labute approximate surface area is 120 Å². The summed E-state index contributed by atoms with van der Waals surface area (Å²) >= 11 is 0. The van der Waals surface area contributed by atoms with Gasteiger partial charge in [-0.25, -0.2) is 0 Å². The summed E-state index contributed by atoms with van der Waals surface area (Å²) in [6.45, 7) is 12.6. The predicted octanol–water partition coefficient (Wildman–Crippen LogP) is 1.68. The lowest BCUT2D eigenvalue weighted by Gasteiger charge is -2.19. The SMILES string of the molecule is C=CCOc1nc(N(C)CC=C)nc(N(C)CC=C)n1. The topological polar surface area (TPSA) is 54.4 Å². The number of hydrogen-bond acceptors (Lipinski definition) is 6. The maximum atomic E-state index is 5.41. The molecule has 0 amide bonds. The fourth-order valence-corrected chi connectivity index (χ4v) is 1.43. The normalized spacial score (nSPS) is 9.70. The van der Waals surface area contributed by atoms with Crippen molar-refractivity contribution in [2.24, 2.45) is 0 Å². The van der Waals surface area contributed by atoms with E-state index in [0.29, 0.717) is 31.6 Å². The van der Waals surface area contributed by atoms with Gasteiger partial charge >= 0.3 is 6.01 Å². The first-order chi connectivity index (χ1) is 9.62. The molecule has 0 atom stereocenters. The van der Waals surface area contributed by atoms with E-state index < -0.39 is 0 Å². The summed E-state index contributed by atoms with van der Waals surface area (Å²) in [5, 5.41) is 0. The van der Waals surface area contributed by atoms with Crippen molar-refractivity contribution in [3.05, 3.63) is 38.0 Å². The van der Waals surface area contributed by atoms with Crippen LogP contribution in [0.5, 0.6) is 6.01 Å². The van der Waals surface area contributed by atoms with Crippen molar-refractivity contribution in [1.29, 1.82) is 0 Å². The Morgan fingerprint density at radius 2 is 1.40 bits per heavy atom. The van der Waals surface area contributed by atoms with Crippen molar-refractivity contribution >= 4 is 11.9 Å². The van der Waals surface area contributed by atoms with Crippen molar-refractivity contribution < 1.29 is 4.74 Å². The second-order valence-electron chi connectivity index (χ2n) is 4.16. The molecule has 0 spiro atoms. The molecule has 1 aromatic rings. The Morgan fingerprint density at radius 3 is 1.80 bits per heavy atom. The second kappa shape index (κ2) is 7.93. The number of anilines is 2. The molecule has 0 saturated heterocycles. The molecule has 20 heavy (non-hydrogen) atoms. The van der Waals surface area contributed by atoms with Crippen LogP contribution in [0.1, 0.15) is 0 Å². The molecule has 0 fully saturated rings. The Bertz CT molecular complexity index is 440. The molecule has 1 heterocycles. The van der Waals surface area contributed by atoms with Gasteiger partial charge in [-0.1, -0.05) is 24.8 Å². The largest absolute Gasteiger partial charge is 0.459 e. The molecule has 0 unspecified atom stereocenters. The lowest BCUT2D eigenvalue weighted by atomic mass is 10.5. The Hall–Kier alpha value is -2.37. The third-order valence-electron chi connectivity index (χ3n) is 2.41. The van der Waals surface area contributed by atoms with E-state index in [0.717, 1.165) is 0 Å². The van der Waals surface area contributed by atoms with Crippen LogP contribution in [0.3, 0.4) is 0 Å². The van der Waals surface area contributed by atoms with Gasteiger partial charge in [-0.2, -0.15) is 15.0 Å². The van der Waals surface area contributed by atoms with E-state index in [2.05, 4.69) is 34.7 Å². The molecule has 1 rings (SSSR count). The molecule has 6 heteroatoms. The first-order valence-electron chi connectivity index (χ1n) is 6.26. The zero-order valence-electron chi connectivity index (χ0n) is 12.1. The van der Waals surface area contributed by atoms with Crippen LogP contribution in [0.25, 0.3) is 0 Å². The van der Waals surface area contributed by atoms with Crippen LogP contribution in [0.15, 0.2) is 38.0 Å². The molecular formula is C14H21N5O. The van der Waals surface area contributed by atoms with Gasteiger partial charge in [0, 0.05) is 27.2 Å². The van der Waals surface area contributed by atoms with Gasteiger partial charge < -0.3 is 14.5 Å². The van der Waals surface area contributed by atoms with Crippen LogP contribution in [0, 0.1) is 0 Å². The fourth-order valence-electron chi connectivity index (χ4n) is 1.43. The number of ether oxygens (including phenoxy) is 1. The quantitative estimate of drug-likeness (QED) is 0.639. The van der Waals surface area contributed by atoms with Gasteiger partial charge in [0.05, 0.1) is 0 Å². The predicted molar refractivity (Wildman–Crippen MR) is 82.5 cm³/mol. The van der Waals surface area contributed by atoms with Crippen LogP contribution in [0.4, 0.5) is 11.9 Å². The highest BCUT2D eigenvalue weighted by molar-refractivity contribution is 5.40. The molecule has 0 bridgehead atoms. The van der Waals surface area contributed by atoms with Crippen molar-refractivity contribution in [3.8, 4) is 6.01 Å². The molecule has 1 aromatic heterocycles. The second-order valence-corrected chi connectivity index (χ2v) is 4.16. The minimum atomic E-state index is 0.275. The van der Waals surface area contributed by atoms with Crippen molar-refractivity contribution in [2.75, 3.05) is 43.6 Å². The number of aromatic nitrogens is 3. The molecular weight excluding hydrogens is 254 g/mol. The van der Waals surface area contributed by atoms with Gasteiger partial charge in [0.15, 0.2) is 0 Å². The van der Waals surface area contributed by atoms with Gasteiger partial charge in [0.25, 0.3) is 0 Å². The smallest absolute Gasteiger partial charge is 0.323 e. The summed E-state index contributed by atoms with van der Waals surface area (Å²) in [6.07, 6.45) is 5.20. The summed E-state index contributed by atoms with van der Waals surface area (Å²) < 4.78 is 5.41. The summed E-state index contributed by atoms with van der Waals surface area (Å²) in [7, 11) is 3.76. The summed E-state index contributed by atoms with van der Waals surface area (Å²) in [6, 6.07) is 0.275. The van der Waals surface area contributed by atoms with Crippen molar-refractivity contribution in [1.82, 2.24) is 15.0 Å². The third kappa shape index (κ3) is 4.38. The maximum absolute atomic E-state index is 5.41. The van der Waals surface area contributed by atoms with Crippen LogP contribution in [-0.4, -0.2) is 48.7 Å². The first kappa shape index (κ1) is 15.7. The minimum absolute atomic E-state index is 0.275. The molecule has 0 aromatic carbocycles. The summed E-state index contributed by atoms with van der Waals surface area (Å²) in [5.41, 5.74) is 0. The zero-order valence-corrected chi connectivity index (χ0v) is 12.1. The summed E-state index contributed by atoms with van der Waals surface area (Å²) in [5.74, 6) is 1.06. The highest BCUT2D eigenvalue weighted by atomic mass is 16.5. The third-order valence-corrected chi connectivity index (χ3v) is 2.41. The fraction of sp³-hybridized carbons (Fsp3) is 0.357. The van der Waals surface area contributed by atoms with Crippen LogP contribution in [0.2, 0.25) is 0 Å². The monoisotopic (exact) mass is 275 g/mol. The summed E-state index contributed by atoms with van der Waals surface area (Å²) in [4.78, 5) is 16.7. The van der Waals surface area contributed by atoms with Gasteiger partial charge in [0.1, 0.15) is 6.61 Å². The number of hydrogen-bond donors (Lipinski definition) is 0. The highest BCUT2D eigenvalue weighted by Gasteiger charge is 2.12. The molecule has 0 N–H and O–H groups in total. The van der Waals surface area contributed by atoms with E-state index in [-0.39, 0.29) is 6.01 Å². The maximum Gasteiger partial charge on any atom is 0.323 e. The lowest BCUT2D eigenvalue weighted by Crippen LogP contribution is -2.24. The Balaban J connectivity index is 3.08. The molecule has 0 aliphatic carbocycles. The van der Waals surface area contributed by atoms with Crippen molar-refractivity contribution in [3.63, 3.8) is 0 Å². The van der Waals surface area contributed by atoms with Gasteiger partial charge in [-0.05, 0) is 0 Å². The first-order valence-corrected chi connectivity index (χ1v) is 6.26. The molecule has 108 valence electrons. The van der Waals surface area contributed by atoms with Gasteiger partial charge in [0.2, 0.25) is 11.9 Å². The van der Waals surface area contributed by atoms with E-state index in [4.69, 9.17) is 4.74 Å². The highest BCUT2D eigenvalue weighted by Crippen LogP contribution is 2.16. The van der Waals surface area contributed by atoms with E-state index in [1.54, 1.807) is 18.2 Å². The molecule has 0 aliphatic heterocycles. The molecule has 0 aliphatic rings. The Kier molecular flexibility index (Phi) is 6.22. The number of nitrogens with zero attached hydrogens (tertiary/aromatic N) is 5. The van der Waals surface area contributed by atoms with Crippen LogP contribution < -0.4 is 14.5 Å². The van der Waals surface area contributed by atoms with Crippen LogP contribution in [-0.2, 0) is 0 Å².